The van der Waals surface area contributed by atoms with E-state index in [1.165, 1.54) is 44.9 Å². The lowest BCUT2D eigenvalue weighted by Gasteiger charge is -2.33. The molecule has 3 rings (SSSR count). The summed E-state index contributed by atoms with van der Waals surface area (Å²) in [4.78, 5) is 2.42. The van der Waals surface area contributed by atoms with Gasteiger partial charge >= 0.3 is 0 Å². The van der Waals surface area contributed by atoms with E-state index < -0.39 is 0 Å². The van der Waals surface area contributed by atoms with Gasteiger partial charge in [0.1, 0.15) is 0 Å². The Balaban J connectivity index is 1.57. The lowest BCUT2D eigenvalue weighted by molar-refractivity contribution is 0.184. The van der Waals surface area contributed by atoms with Crippen LogP contribution >= 0.6 is 0 Å². The molecule has 1 heteroatoms. The van der Waals surface area contributed by atoms with Crippen molar-refractivity contribution < 1.29 is 0 Å². The molecule has 2 aliphatic carbocycles. The Bertz CT molecular complexity index is 415. The van der Waals surface area contributed by atoms with Crippen molar-refractivity contribution in [1.82, 2.24) is 4.90 Å². The highest BCUT2D eigenvalue weighted by Crippen LogP contribution is 2.40. The predicted octanol–water partition coefficient (Wildman–Crippen LogP) is 4.23. The van der Waals surface area contributed by atoms with Crippen molar-refractivity contribution in [3.8, 4) is 0 Å². The van der Waals surface area contributed by atoms with E-state index in [1.807, 2.05) is 0 Å². The van der Waals surface area contributed by atoms with Gasteiger partial charge in [0.25, 0.3) is 0 Å². The highest BCUT2D eigenvalue weighted by molar-refractivity contribution is 5.34. The van der Waals surface area contributed by atoms with E-state index in [0.29, 0.717) is 0 Å². The SMILES string of the molecule is CN(C)C1CCC(C[C@H]2CCc3ccccc32)CC1. The van der Waals surface area contributed by atoms with E-state index in [-0.39, 0.29) is 0 Å². The van der Waals surface area contributed by atoms with Crippen LogP contribution in [0.25, 0.3) is 0 Å². The summed E-state index contributed by atoms with van der Waals surface area (Å²) in [7, 11) is 4.47. The molecule has 1 aromatic rings. The molecule has 0 heterocycles. The monoisotopic (exact) mass is 257 g/mol. The summed E-state index contributed by atoms with van der Waals surface area (Å²) in [5.74, 6) is 1.84. The number of rotatable bonds is 3. The largest absolute Gasteiger partial charge is 0.306 e. The number of nitrogens with zero attached hydrogens (tertiary/aromatic N) is 1. The van der Waals surface area contributed by atoms with E-state index in [0.717, 1.165) is 17.9 Å². The molecule has 0 amide bonds. The van der Waals surface area contributed by atoms with Crippen LogP contribution in [0.2, 0.25) is 0 Å². The van der Waals surface area contributed by atoms with Gasteiger partial charge in [-0.2, -0.15) is 0 Å². The quantitative estimate of drug-likeness (QED) is 0.783. The maximum absolute atomic E-state index is 2.42. The Morgan fingerprint density at radius 2 is 1.74 bits per heavy atom. The molecule has 0 aromatic heterocycles. The van der Waals surface area contributed by atoms with Gasteiger partial charge in [0.05, 0.1) is 0 Å². The maximum atomic E-state index is 2.42. The van der Waals surface area contributed by atoms with Crippen LogP contribution in [0, 0.1) is 5.92 Å². The molecule has 104 valence electrons. The molecule has 1 atom stereocenters. The number of benzene rings is 1. The molecule has 1 saturated carbocycles. The summed E-state index contributed by atoms with van der Waals surface area (Å²) < 4.78 is 0. The van der Waals surface area contributed by atoms with Crippen molar-refractivity contribution in [1.29, 1.82) is 0 Å². The fourth-order valence-corrected chi connectivity index (χ4v) is 4.19. The molecule has 0 bridgehead atoms. The van der Waals surface area contributed by atoms with Crippen molar-refractivity contribution in [3.05, 3.63) is 35.4 Å². The Kier molecular flexibility index (Phi) is 3.93. The van der Waals surface area contributed by atoms with Crippen LogP contribution in [0.3, 0.4) is 0 Å². The van der Waals surface area contributed by atoms with Crippen LogP contribution in [-0.4, -0.2) is 25.0 Å². The fraction of sp³-hybridized carbons (Fsp3) is 0.667. The van der Waals surface area contributed by atoms with E-state index in [2.05, 4.69) is 43.3 Å². The van der Waals surface area contributed by atoms with Crippen molar-refractivity contribution in [2.45, 2.75) is 56.9 Å². The van der Waals surface area contributed by atoms with Crippen LogP contribution < -0.4 is 0 Å². The van der Waals surface area contributed by atoms with Crippen LogP contribution in [0.1, 0.15) is 55.6 Å². The summed E-state index contributed by atoms with van der Waals surface area (Å²) in [6.07, 6.45) is 9.86. The minimum absolute atomic E-state index is 0.840. The van der Waals surface area contributed by atoms with Crippen molar-refractivity contribution >= 4 is 0 Å². The Hall–Kier alpha value is -0.820. The summed E-state index contributed by atoms with van der Waals surface area (Å²) >= 11 is 0. The third-order valence-electron chi connectivity index (χ3n) is 5.42. The molecule has 1 aromatic carbocycles. The molecule has 0 radical (unpaired) electrons. The third kappa shape index (κ3) is 2.86. The van der Waals surface area contributed by atoms with E-state index in [1.54, 1.807) is 11.1 Å². The Labute approximate surface area is 118 Å². The normalized spacial score (nSPS) is 30.6. The minimum Gasteiger partial charge on any atom is -0.306 e. The Morgan fingerprint density at radius 3 is 2.47 bits per heavy atom. The van der Waals surface area contributed by atoms with Gasteiger partial charge in [-0.05, 0) is 82.0 Å². The van der Waals surface area contributed by atoms with Crippen molar-refractivity contribution in [2.24, 2.45) is 5.92 Å². The number of aryl methyl sites for hydroxylation is 1. The van der Waals surface area contributed by atoms with E-state index in [4.69, 9.17) is 0 Å². The van der Waals surface area contributed by atoms with Crippen LogP contribution in [0.5, 0.6) is 0 Å². The van der Waals surface area contributed by atoms with Crippen LogP contribution in [-0.2, 0) is 6.42 Å². The molecule has 0 unspecified atom stereocenters. The van der Waals surface area contributed by atoms with Gasteiger partial charge in [0.2, 0.25) is 0 Å². The number of fused-ring (bicyclic) bond motifs is 1. The molecule has 19 heavy (non-hydrogen) atoms. The lowest BCUT2D eigenvalue weighted by Crippen LogP contribution is -2.32. The number of hydrogen-bond donors (Lipinski definition) is 0. The maximum Gasteiger partial charge on any atom is 0.00893 e. The van der Waals surface area contributed by atoms with Crippen molar-refractivity contribution in [3.63, 3.8) is 0 Å². The average molecular weight is 257 g/mol. The molecular weight excluding hydrogens is 230 g/mol. The minimum atomic E-state index is 0.840. The summed E-state index contributed by atoms with van der Waals surface area (Å²) in [6, 6.07) is 9.97. The van der Waals surface area contributed by atoms with Gasteiger partial charge in [0, 0.05) is 6.04 Å². The van der Waals surface area contributed by atoms with Gasteiger partial charge in [-0.3, -0.25) is 0 Å². The van der Waals surface area contributed by atoms with Gasteiger partial charge in [-0.15, -0.1) is 0 Å². The zero-order valence-corrected chi connectivity index (χ0v) is 12.4. The van der Waals surface area contributed by atoms with Gasteiger partial charge < -0.3 is 4.90 Å². The number of hydrogen-bond acceptors (Lipinski definition) is 1. The zero-order chi connectivity index (χ0) is 13.2. The zero-order valence-electron chi connectivity index (χ0n) is 12.4. The molecule has 2 aliphatic rings. The first-order chi connectivity index (χ1) is 9.24. The van der Waals surface area contributed by atoms with Gasteiger partial charge in [0.15, 0.2) is 0 Å². The van der Waals surface area contributed by atoms with Gasteiger partial charge in [-0.25, -0.2) is 0 Å². The molecule has 0 aliphatic heterocycles. The van der Waals surface area contributed by atoms with E-state index in [9.17, 15) is 0 Å². The topological polar surface area (TPSA) is 3.24 Å². The summed E-state index contributed by atoms with van der Waals surface area (Å²) in [6.45, 7) is 0. The third-order valence-corrected chi connectivity index (χ3v) is 5.42. The first-order valence-corrected chi connectivity index (χ1v) is 7.98. The molecule has 0 spiro atoms. The highest BCUT2D eigenvalue weighted by atomic mass is 15.1. The molecular formula is C18H27N. The first-order valence-electron chi connectivity index (χ1n) is 7.98. The Morgan fingerprint density at radius 1 is 1.00 bits per heavy atom. The summed E-state index contributed by atoms with van der Waals surface area (Å²) in [5, 5.41) is 0. The predicted molar refractivity (Wildman–Crippen MR) is 81.6 cm³/mol. The van der Waals surface area contributed by atoms with Crippen molar-refractivity contribution in [2.75, 3.05) is 14.1 Å². The highest BCUT2D eigenvalue weighted by Gasteiger charge is 2.28. The first kappa shape index (κ1) is 13.2. The second-order valence-electron chi connectivity index (χ2n) is 6.81. The summed E-state index contributed by atoms with van der Waals surface area (Å²) in [5.41, 5.74) is 3.28. The smallest absolute Gasteiger partial charge is 0.00893 e. The molecule has 0 N–H and O–H groups in total. The van der Waals surface area contributed by atoms with Gasteiger partial charge in [-0.1, -0.05) is 24.3 Å². The molecule has 1 nitrogen and oxygen atoms in total. The standard InChI is InChI=1S/C18H27N/c1-19(2)17-11-7-14(8-12-17)13-16-10-9-15-5-3-4-6-18(15)16/h3-6,14,16-17H,7-13H2,1-2H3/t14?,16-,17?/m1/s1. The second-order valence-corrected chi connectivity index (χ2v) is 6.81. The fourth-order valence-electron chi connectivity index (χ4n) is 4.19. The van der Waals surface area contributed by atoms with Crippen LogP contribution in [0.15, 0.2) is 24.3 Å². The average Bonchev–Trinajstić information content (AvgIpc) is 2.83. The van der Waals surface area contributed by atoms with E-state index >= 15 is 0 Å². The second kappa shape index (κ2) is 5.66. The lowest BCUT2D eigenvalue weighted by atomic mass is 9.79. The van der Waals surface area contributed by atoms with Crippen LogP contribution in [0.4, 0.5) is 0 Å². The molecule has 0 saturated heterocycles. The molecule has 1 fully saturated rings.